The Balaban J connectivity index is 1.56. The van der Waals surface area contributed by atoms with E-state index >= 15 is 0 Å². The standard InChI is InChI=1S/C23H17Cl3F3N3O4/c1-2-32-19(33)9-17(21(32)35)30-20(34)15-4-3-11(5-16(15)26)18-10-22(36-31-18,23(27,28)29)12-6-13(24)8-14(25)7-12/h3-8,17H,2,9-10H2,1H3,(H,30,34)/t17-,22?/m1/s1. The van der Waals surface area contributed by atoms with Crippen molar-refractivity contribution < 1.29 is 32.4 Å². The van der Waals surface area contributed by atoms with Gasteiger partial charge in [0.1, 0.15) is 6.04 Å². The topological polar surface area (TPSA) is 88.1 Å². The number of hydrogen-bond acceptors (Lipinski definition) is 5. The monoisotopic (exact) mass is 561 g/mol. The highest BCUT2D eigenvalue weighted by Crippen LogP contribution is 2.49. The summed E-state index contributed by atoms with van der Waals surface area (Å²) in [4.78, 5) is 42.8. The first-order valence-electron chi connectivity index (χ1n) is 10.6. The first-order valence-corrected chi connectivity index (χ1v) is 11.7. The second-order valence-corrected chi connectivity index (χ2v) is 9.47. The van der Waals surface area contributed by atoms with Crippen molar-refractivity contribution in [2.24, 2.45) is 5.16 Å². The van der Waals surface area contributed by atoms with Crippen molar-refractivity contribution in [2.75, 3.05) is 6.54 Å². The Morgan fingerprint density at radius 2 is 1.83 bits per heavy atom. The number of amides is 3. The number of likely N-dealkylation sites (N-methyl/N-ethyl adjacent to an activating group) is 1. The van der Waals surface area contributed by atoms with E-state index in [2.05, 4.69) is 10.5 Å². The maximum absolute atomic E-state index is 14.2. The zero-order valence-corrected chi connectivity index (χ0v) is 20.7. The Hall–Kier alpha value is -2.82. The lowest BCUT2D eigenvalue weighted by molar-refractivity contribution is -0.275. The molecule has 1 unspecified atom stereocenters. The van der Waals surface area contributed by atoms with Crippen LogP contribution in [-0.4, -0.2) is 47.1 Å². The number of likely N-dealkylation sites (tertiary alicyclic amines) is 1. The van der Waals surface area contributed by atoms with E-state index in [1.165, 1.54) is 24.3 Å². The molecule has 7 nitrogen and oxygen atoms in total. The number of halogens is 6. The maximum Gasteiger partial charge on any atom is 0.435 e. The minimum absolute atomic E-state index is 0.00101. The fourth-order valence-corrected chi connectivity index (χ4v) is 4.88. The molecule has 1 saturated heterocycles. The molecule has 0 aromatic heterocycles. The molecule has 2 aliphatic heterocycles. The van der Waals surface area contributed by atoms with E-state index in [-0.39, 0.29) is 50.4 Å². The zero-order chi connectivity index (χ0) is 26.4. The summed E-state index contributed by atoms with van der Waals surface area (Å²) in [5.41, 5.74) is -3.03. The molecule has 2 heterocycles. The molecule has 2 aromatic rings. The summed E-state index contributed by atoms with van der Waals surface area (Å²) in [5, 5.41) is 6.04. The molecular weight excluding hydrogens is 546 g/mol. The van der Waals surface area contributed by atoms with Gasteiger partial charge in [-0.05, 0) is 37.3 Å². The lowest BCUT2D eigenvalue weighted by Gasteiger charge is -2.29. The molecule has 2 aliphatic rings. The van der Waals surface area contributed by atoms with E-state index in [1.54, 1.807) is 6.92 Å². The molecule has 36 heavy (non-hydrogen) atoms. The first kappa shape index (κ1) is 26.2. The number of nitrogens with one attached hydrogen (secondary N) is 1. The number of alkyl halides is 3. The van der Waals surface area contributed by atoms with E-state index in [9.17, 15) is 27.6 Å². The van der Waals surface area contributed by atoms with Crippen LogP contribution in [0.15, 0.2) is 41.6 Å². The lowest BCUT2D eigenvalue weighted by Crippen LogP contribution is -2.42. The summed E-state index contributed by atoms with van der Waals surface area (Å²) in [5.74, 6) is -1.63. The third kappa shape index (κ3) is 4.65. The molecule has 4 rings (SSSR count). The lowest BCUT2D eigenvalue weighted by atomic mass is 9.86. The van der Waals surface area contributed by atoms with Gasteiger partial charge in [0.2, 0.25) is 5.91 Å². The van der Waals surface area contributed by atoms with Crippen molar-refractivity contribution in [3.63, 3.8) is 0 Å². The van der Waals surface area contributed by atoms with Gasteiger partial charge in [-0.3, -0.25) is 19.3 Å². The number of carbonyl (C=O) groups excluding carboxylic acids is 3. The van der Waals surface area contributed by atoms with Gasteiger partial charge in [-0.2, -0.15) is 13.2 Å². The van der Waals surface area contributed by atoms with Crippen molar-refractivity contribution in [3.8, 4) is 0 Å². The van der Waals surface area contributed by atoms with Crippen LogP contribution < -0.4 is 5.32 Å². The van der Waals surface area contributed by atoms with Gasteiger partial charge in [0, 0.05) is 34.1 Å². The van der Waals surface area contributed by atoms with Gasteiger partial charge in [-0.25, -0.2) is 0 Å². The van der Waals surface area contributed by atoms with Gasteiger partial charge < -0.3 is 10.2 Å². The number of imide groups is 1. The smallest absolute Gasteiger partial charge is 0.374 e. The Morgan fingerprint density at radius 3 is 2.39 bits per heavy atom. The van der Waals surface area contributed by atoms with Crippen LogP contribution in [0.4, 0.5) is 13.2 Å². The van der Waals surface area contributed by atoms with E-state index in [0.717, 1.165) is 17.0 Å². The highest BCUT2D eigenvalue weighted by Gasteiger charge is 2.62. The average molecular weight is 563 g/mol. The van der Waals surface area contributed by atoms with E-state index in [4.69, 9.17) is 39.6 Å². The summed E-state index contributed by atoms with van der Waals surface area (Å²) in [6.07, 6.45) is -5.73. The van der Waals surface area contributed by atoms with Crippen LogP contribution in [-0.2, 0) is 20.0 Å². The molecular formula is C23H17Cl3F3N3O4. The largest absolute Gasteiger partial charge is 0.435 e. The fraction of sp³-hybridized carbons (Fsp3) is 0.304. The molecule has 2 aromatic carbocycles. The highest BCUT2D eigenvalue weighted by atomic mass is 35.5. The normalized spacial score (nSPS) is 22.0. The number of carbonyl (C=O) groups is 3. The molecule has 0 aliphatic carbocycles. The molecule has 13 heteroatoms. The third-order valence-corrected chi connectivity index (χ3v) is 6.68. The minimum Gasteiger partial charge on any atom is -0.374 e. The highest BCUT2D eigenvalue weighted by molar-refractivity contribution is 6.35. The third-order valence-electron chi connectivity index (χ3n) is 5.93. The van der Waals surface area contributed by atoms with E-state index in [0.29, 0.717) is 0 Å². The average Bonchev–Trinajstić information content (AvgIpc) is 3.35. The van der Waals surface area contributed by atoms with Crippen LogP contribution in [0.2, 0.25) is 15.1 Å². The molecule has 2 atom stereocenters. The molecule has 0 bridgehead atoms. The summed E-state index contributed by atoms with van der Waals surface area (Å²) in [6, 6.07) is 6.41. The van der Waals surface area contributed by atoms with Crippen LogP contribution in [0.25, 0.3) is 0 Å². The predicted octanol–water partition coefficient (Wildman–Crippen LogP) is 5.11. The summed E-state index contributed by atoms with van der Waals surface area (Å²) < 4.78 is 42.6. The van der Waals surface area contributed by atoms with Crippen molar-refractivity contribution in [1.29, 1.82) is 0 Å². The predicted molar refractivity (Wildman–Crippen MR) is 126 cm³/mol. The molecule has 1 N–H and O–H groups in total. The summed E-state index contributed by atoms with van der Waals surface area (Å²) in [6.45, 7) is 1.82. The minimum atomic E-state index is -4.87. The number of nitrogens with zero attached hydrogens (tertiary/aromatic N) is 2. The Kier molecular flexibility index (Phi) is 6.98. The molecule has 0 spiro atoms. The number of rotatable bonds is 5. The van der Waals surface area contributed by atoms with Crippen molar-refractivity contribution in [3.05, 3.63) is 68.2 Å². The summed E-state index contributed by atoms with van der Waals surface area (Å²) in [7, 11) is 0. The molecule has 0 saturated carbocycles. The Bertz CT molecular complexity index is 1280. The number of benzene rings is 2. The van der Waals surface area contributed by atoms with Gasteiger partial charge in [0.15, 0.2) is 0 Å². The fourth-order valence-electron chi connectivity index (χ4n) is 4.09. The van der Waals surface area contributed by atoms with Gasteiger partial charge >= 0.3 is 6.18 Å². The second kappa shape index (κ2) is 9.57. The van der Waals surface area contributed by atoms with E-state index < -0.39 is 42.0 Å². The number of hydrogen-bond donors (Lipinski definition) is 1. The van der Waals surface area contributed by atoms with E-state index in [1.807, 2.05) is 0 Å². The van der Waals surface area contributed by atoms with Gasteiger partial charge in [-0.15, -0.1) is 0 Å². The Morgan fingerprint density at radius 1 is 1.17 bits per heavy atom. The SMILES string of the molecule is CCN1C(=O)C[C@@H](NC(=O)c2ccc(C3=NOC(c4cc(Cl)cc(Cl)c4)(C(F)(F)F)C3)cc2Cl)C1=O. The Labute approximate surface area is 218 Å². The van der Waals surface area contributed by atoms with Crippen LogP contribution >= 0.6 is 34.8 Å². The van der Waals surface area contributed by atoms with Crippen LogP contribution in [0.1, 0.15) is 41.3 Å². The van der Waals surface area contributed by atoms with Gasteiger partial charge in [-0.1, -0.05) is 46.0 Å². The van der Waals surface area contributed by atoms with Gasteiger partial charge in [0.25, 0.3) is 17.4 Å². The zero-order valence-electron chi connectivity index (χ0n) is 18.5. The first-order chi connectivity index (χ1) is 16.9. The van der Waals surface area contributed by atoms with Crippen molar-refractivity contribution >= 4 is 58.2 Å². The molecule has 3 amide bonds. The van der Waals surface area contributed by atoms with Crippen LogP contribution in [0.5, 0.6) is 0 Å². The molecule has 190 valence electrons. The van der Waals surface area contributed by atoms with Crippen molar-refractivity contribution in [1.82, 2.24) is 10.2 Å². The number of oxime groups is 1. The molecule has 1 fully saturated rings. The summed E-state index contributed by atoms with van der Waals surface area (Å²) >= 11 is 18.1. The van der Waals surface area contributed by atoms with Crippen LogP contribution in [0.3, 0.4) is 0 Å². The molecule has 0 radical (unpaired) electrons. The van der Waals surface area contributed by atoms with Crippen LogP contribution in [0, 0.1) is 0 Å². The second-order valence-electron chi connectivity index (χ2n) is 8.19. The van der Waals surface area contributed by atoms with Crippen molar-refractivity contribution in [2.45, 2.75) is 37.6 Å². The van der Waals surface area contributed by atoms with Gasteiger partial charge in [0.05, 0.1) is 22.7 Å². The quantitative estimate of drug-likeness (QED) is 0.514. The maximum atomic E-state index is 14.2.